The molecule has 0 saturated heterocycles. The van der Waals surface area contributed by atoms with Crippen molar-refractivity contribution >= 4 is 23.2 Å². The summed E-state index contributed by atoms with van der Waals surface area (Å²) in [6.07, 6.45) is 5.67. The van der Waals surface area contributed by atoms with Gasteiger partial charge in [0.05, 0.1) is 18.4 Å². The number of hydrogen-bond donors (Lipinski definition) is 2. The second-order valence-corrected chi connectivity index (χ2v) is 6.19. The quantitative estimate of drug-likeness (QED) is 0.820. The average molecular weight is 293 g/mol. The van der Waals surface area contributed by atoms with Crippen molar-refractivity contribution in [3.05, 3.63) is 34.0 Å². The van der Waals surface area contributed by atoms with Crippen LogP contribution in [0.4, 0.5) is 0 Å². The molecule has 1 aromatic rings. The number of amides is 1. The molecule has 20 heavy (non-hydrogen) atoms. The van der Waals surface area contributed by atoms with Gasteiger partial charge in [0.15, 0.2) is 0 Å². The summed E-state index contributed by atoms with van der Waals surface area (Å²) in [5.74, 6) is -2.11. The van der Waals surface area contributed by atoms with Gasteiger partial charge in [-0.2, -0.15) is 0 Å². The molecule has 1 aromatic heterocycles. The zero-order chi connectivity index (χ0) is 14.5. The number of carboxylic acid groups (broad SMARTS) is 1. The van der Waals surface area contributed by atoms with Crippen LogP contribution in [0.5, 0.6) is 0 Å². The van der Waals surface area contributed by atoms with Crippen LogP contribution in [0.15, 0.2) is 24.3 Å². The second-order valence-electron chi connectivity index (χ2n) is 4.93. The molecule has 0 bridgehead atoms. The normalized spacial score (nSPS) is 21.6. The molecule has 5 heteroatoms. The lowest BCUT2D eigenvalue weighted by Gasteiger charge is -2.24. The van der Waals surface area contributed by atoms with Gasteiger partial charge in [-0.3, -0.25) is 9.59 Å². The van der Waals surface area contributed by atoms with Crippen molar-refractivity contribution in [1.29, 1.82) is 0 Å². The van der Waals surface area contributed by atoms with E-state index in [4.69, 9.17) is 5.11 Å². The minimum atomic E-state index is -0.890. The number of rotatable bonds is 5. The maximum Gasteiger partial charge on any atom is 0.307 e. The van der Waals surface area contributed by atoms with Crippen molar-refractivity contribution in [2.24, 2.45) is 11.8 Å². The third-order valence-corrected chi connectivity index (χ3v) is 4.82. The molecule has 1 aliphatic carbocycles. The predicted octanol–water partition coefficient (Wildman–Crippen LogP) is 2.59. The lowest BCUT2D eigenvalue weighted by molar-refractivity contribution is -0.147. The largest absolute Gasteiger partial charge is 0.481 e. The first-order valence-electron chi connectivity index (χ1n) is 6.85. The van der Waals surface area contributed by atoms with Crippen LogP contribution in [0.3, 0.4) is 0 Å². The first-order valence-corrected chi connectivity index (χ1v) is 7.66. The lowest BCUT2D eigenvalue weighted by Crippen LogP contribution is -2.38. The van der Waals surface area contributed by atoms with Gasteiger partial charge in [0.2, 0.25) is 5.91 Å². The monoisotopic (exact) mass is 293 g/mol. The SMILES string of the molecule is CCc1ccc(CNC(=O)C2CC=CCC2C(=O)O)s1. The van der Waals surface area contributed by atoms with Gasteiger partial charge in [-0.05, 0) is 31.4 Å². The Morgan fingerprint density at radius 3 is 2.50 bits per heavy atom. The van der Waals surface area contributed by atoms with E-state index in [1.807, 2.05) is 18.2 Å². The number of thiophene rings is 1. The Morgan fingerprint density at radius 1 is 1.25 bits per heavy atom. The van der Waals surface area contributed by atoms with Crippen LogP contribution in [-0.2, 0) is 22.6 Å². The summed E-state index contributed by atoms with van der Waals surface area (Å²) in [5.41, 5.74) is 0. The van der Waals surface area contributed by atoms with Crippen LogP contribution < -0.4 is 5.32 Å². The van der Waals surface area contributed by atoms with E-state index in [1.165, 1.54) is 4.88 Å². The molecule has 0 spiro atoms. The maximum absolute atomic E-state index is 12.2. The van der Waals surface area contributed by atoms with Gasteiger partial charge in [0.1, 0.15) is 0 Å². The highest BCUT2D eigenvalue weighted by atomic mass is 32.1. The zero-order valence-corrected chi connectivity index (χ0v) is 12.3. The highest BCUT2D eigenvalue weighted by molar-refractivity contribution is 7.11. The summed E-state index contributed by atoms with van der Waals surface area (Å²) in [5, 5.41) is 12.0. The molecule has 1 amide bonds. The minimum absolute atomic E-state index is 0.159. The second kappa shape index (κ2) is 6.70. The average Bonchev–Trinajstić information content (AvgIpc) is 2.92. The van der Waals surface area contributed by atoms with E-state index in [2.05, 4.69) is 18.3 Å². The molecule has 1 heterocycles. The number of carboxylic acids is 1. The Hall–Kier alpha value is -1.62. The Balaban J connectivity index is 1.93. The van der Waals surface area contributed by atoms with Crippen LogP contribution in [-0.4, -0.2) is 17.0 Å². The van der Waals surface area contributed by atoms with Crippen molar-refractivity contribution in [3.8, 4) is 0 Å². The molecule has 0 aromatic carbocycles. The first-order chi connectivity index (χ1) is 9.61. The number of nitrogens with one attached hydrogen (secondary N) is 1. The topological polar surface area (TPSA) is 66.4 Å². The third kappa shape index (κ3) is 3.48. The summed E-state index contributed by atoms with van der Waals surface area (Å²) in [6.45, 7) is 2.58. The first kappa shape index (κ1) is 14.8. The van der Waals surface area contributed by atoms with Crippen LogP contribution in [0, 0.1) is 11.8 Å². The summed E-state index contributed by atoms with van der Waals surface area (Å²) >= 11 is 1.68. The number of allylic oxidation sites excluding steroid dienone is 2. The molecule has 2 rings (SSSR count). The molecular weight excluding hydrogens is 274 g/mol. The molecule has 0 fully saturated rings. The van der Waals surface area contributed by atoms with Gasteiger partial charge in [-0.15, -0.1) is 11.3 Å². The molecule has 108 valence electrons. The van der Waals surface area contributed by atoms with Crippen molar-refractivity contribution in [3.63, 3.8) is 0 Å². The van der Waals surface area contributed by atoms with E-state index in [0.29, 0.717) is 19.4 Å². The van der Waals surface area contributed by atoms with Gasteiger partial charge < -0.3 is 10.4 Å². The Labute approximate surface area is 122 Å². The summed E-state index contributed by atoms with van der Waals surface area (Å²) in [7, 11) is 0. The van der Waals surface area contributed by atoms with Crippen LogP contribution >= 0.6 is 11.3 Å². The van der Waals surface area contributed by atoms with Crippen molar-refractivity contribution < 1.29 is 14.7 Å². The van der Waals surface area contributed by atoms with Crippen molar-refractivity contribution in [2.75, 3.05) is 0 Å². The summed E-state index contributed by atoms with van der Waals surface area (Å²) in [4.78, 5) is 25.7. The number of aryl methyl sites for hydroxylation is 1. The number of hydrogen-bond acceptors (Lipinski definition) is 3. The van der Waals surface area contributed by atoms with Gasteiger partial charge >= 0.3 is 5.97 Å². The maximum atomic E-state index is 12.2. The molecule has 2 unspecified atom stereocenters. The van der Waals surface area contributed by atoms with Crippen molar-refractivity contribution in [1.82, 2.24) is 5.32 Å². The predicted molar refractivity (Wildman–Crippen MR) is 78.5 cm³/mol. The molecule has 2 N–H and O–H groups in total. The lowest BCUT2D eigenvalue weighted by atomic mass is 9.82. The molecular formula is C15H19NO3S. The van der Waals surface area contributed by atoms with E-state index in [0.717, 1.165) is 11.3 Å². The van der Waals surface area contributed by atoms with Crippen LogP contribution in [0.1, 0.15) is 29.5 Å². The van der Waals surface area contributed by atoms with Crippen molar-refractivity contribution in [2.45, 2.75) is 32.7 Å². The Morgan fingerprint density at radius 2 is 1.90 bits per heavy atom. The van der Waals surface area contributed by atoms with E-state index in [1.54, 1.807) is 11.3 Å². The molecule has 4 nitrogen and oxygen atoms in total. The smallest absolute Gasteiger partial charge is 0.307 e. The van der Waals surface area contributed by atoms with Gasteiger partial charge in [-0.1, -0.05) is 19.1 Å². The fourth-order valence-electron chi connectivity index (χ4n) is 2.39. The van der Waals surface area contributed by atoms with Crippen LogP contribution in [0.2, 0.25) is 0 Å². The fraction of sp³-hybridized carbons (Fsp3) is 0.467. The fourth-order valence-corrected chi connectivity index (χ4v) is 3.29. The van der Waals surface area contributed by atoms with E-state index < -0.39 is 17.8 Å². The van der Waals surface area contributed by atoms with Gasteiger partial charge in [0, 0.05) is 9.75 Å². The Bertz CT molecular complexity index is 521. The summed E-state index contributed by atoms with van der Waals surface area (Å²) < 4.78 is 0. The molecule has 1 aliphatic rings. The van der Waals surface area contributed by atoms with E-state index >= 15 is 0 Å². The molecule has 0 saturated carbocycles. The van der Waals surface area contributed by atoms with Crippen LogP contribution in [0.25, 0.3) is 0 Å². The highest BCUT2D eigenvalue weighted by Crippen LogP contribution is 2.26. The molecule has 2 atom stereocenters. The standard InChI is InChI=1S/C15H19NO3S/c1-2-10-7-8-11(20-10)9-16-14(17)12-5-3-4-6-13(12)15(18)19/h3-4,7-8,12-13H,2,5-6,9H2,1H3,(H,16,17)(H,18,19). The number of aliphatic carboxylic acids is 1. The zero-order valence-electron chi connectivity index (χ0n) is 11.5. The van der Waals surface area contributed by atoms with E-state index in [-0.39, 0.29) is 5.91 Å². The Kier molecular flexibility index (Phi) is 4.95. The van der Waals surface area contributed by atoms with E-state index in [9.17, 15) is 9.59 Å². The minimum Gasteiger partial charge on any atom is -0.481 e. The van der Waals surface area contributed by atoms with Gasteiger partial charge in [0.25, 0.3) is 0 Å². The summed E-state index contributed by atoms with van der Waals surface area (Å²) in [6, 6.07) is 4.08. The number of carbonyl (C=O) groups is 2. The third-order valence-electron chi connectivity index (χ3n) is 3.59. The molecule has 0 aliphatic heterocycles. The molecule has 0 radical (unpaired) electrons. The number of carbonyl (C=O) groups excluding carboxylic acids is 1. The van der Waals surface area contributed by atoms with Gasteiger partial charge in [-0.25, -0.2) is 0 Å². The highest BCUT2D eigenvalue weighted by Gasteiger charge is 2.33.